The van der Waals surface area contributed by atoms with E-state index in [9.17, 15) is 5.11 Å². The van der Waals surface area contributed by atoms with Crippen molar-refractivity contribution in [3.05, 3.63) is 23.8 Å². The summed E-state index contributed by atoms with van der Waals surface area (Å²) in [5, 5.41) is 13.0. The van der Waals surface area contributed by atoms with Gasteiger partial charge in [-0.05, 0) is 37.5 Å². The van der Waals surface area contributed by atoms with Gasteiger partial charge in [-0.1, -0.05) is 13.0 Å². The van der Waals surface area contributed by atoms with Crippen LogP contribution < -0.4 is 14.8 Å². The molecule has 1 saturated heterocycles. The van der Waals surface area contributed by atoms with Gasteiger partial charge in [-0.2, -0.15) is 0 Å². The van der Waals surface area contributed by atoms with Crippen LogP contribution in [-0.2, 0) is 6.54 Å². The first-order valence-corrected chi connectivity index (χ1v) is 8.69. The highest BCUT2D eigenvalue weighted by Gasteiger charge is 2.22. The molecule has 0 aliphatic carbocycles. The van der Waals surface area contributed by atoms with Crippen LogP contribution in [-0.4, -0.2) is 55.4 Å². The monoisotopic (exact) mass is 335 g/mol. The molecule has 1 heterocycles. The molecule has 1 aliphatic rings. The van der Waals surface area contributed by atoms with E-state index >= 15 is 0 Å². The second kappa shape index (κ2) is 9.37. The number of rotatable bonds is 7. The first kappa shape index (κ1) is 18.4. The first-order chi connectivity index (χ1) is 11.7. The van der Waals surface area contributed by atoms with Gasteiger partial charge in [-0.25, -0.2) is 4.99 Å². The van der Waals surface area contributed by atoms with Crippen LogP contribution in [0.15, 0.2) is 23.2 Å². The van der Waals surface area contributed by atoms with Gasteiger partial charge >= 0.3 is 0 Å². The Kier molecular flexibility index (Phi) is 7.18. The molecule has 6 nitrogen and oxygen atoms in total. The third kappa shape index (κ3) is 5.03. The molecule has 1 aromatic carbocycles. The Labute approximate surface area is 144 Å². The van der Waals surface area contributed by atoms with E-state index in [1.165, 1.54) is 0 Å². The lowest BCUT2D eigenvalue weighted by Crippen LogP contribution is -2.40. The number of methoxy groups -OCH3 is 1. The lowest BCUT2D eigenvalue weighted by molar-refractivity contribution is 0.188. The number of nitrogens with zero attached hydrogens (tertiary/aromatic N) is 2. The average Bonchev–Trinajstić information content (AvgIpc) is 3.03. The molecule has 1 aliphatic heterocycles. The summed E-state index contributed by atoms with van der Waals surface area (Å²) in [6, 6.07) is 5.92. The predicted octanol–water partition coefficient (Wildman–Crippen LogP) is 2.02. The fourth-order valence-corrected chi connectivity index (χ4v) is 2.67. The van der Waals surface area contributed by atoms with Crippen molar-refractivity contribution < 1.29 is 14.6 Å². The lowest BCUT2D eigenvalue weighted by Gasteiger charge is -2.21. The molecule has 0 bridgehead atoms. The number of aliphatic imine (C=N–C) groups is 1. The second-order valence-corrected chi connectivity index (χ2v) is 5.89. The van der Waals surface area contributed by atoms with Crippen LogP contribution in [0.5, 0.6) is 11.5 Å². The predicted molar refractivity (Wildman–Crippen MR) is 95.8 cm³/mol. The molecular weight excluding hydrogens is 306 g/mol. The number of guanidine groups is 1. The van der Waals surface area contributed by atoms with Crippen LogP contribution in [0, 0.1) is 0 Å². The van der Waals surface area contributed by atoms with Crippen LogP contribution in [0.4, 0.5) is 0 Å². The van der Waals surface area contributed by atoms with Crippen molar-refractivity contribution in [3.63, 3.8) is 0 Å². The normalized spacial score (nSPS) is 17.9. The number of ether oxygens (including phenoxy) is 2. The van der Waals surface area contributed by atoms with Gasteiger partial charge in [-0.15, -0.1) is 0 Å². The van der Waals surface area contributed by atoms with Crippen molar-refractivity contribution in [3.8, 4) is 11.5 Å². The molecule has 134 valence electrons. The van der Waals surface area contributed by atoms with E-state index in [0.717, 1.165) is 49.0 Å². The zero-order valence-corrected chi connectivity index (χ0v) is 14.9. The summed E-state index contributed by atoms with van der Waals surface area (Å²) in [5.41, 5.74) is 1.06. The number of aliphatic hydroxyl groups is 1. The van der Waals surface area contributed by atoms with Gasteiger partial charge in [0.15, 0.2) is 17.5 Å². The largest absolute Gasteiger partial charge is 0.493 e. The summed E-state index contributed by atoms with van der Waals surface area (Å²) in [7, 11) is 1.65. The summed E-state index contributed by atoms with van der Waals surface area (Å²) in [5.74, 6) is 2.35. The zero-order valence-electron chi connectivity index (χ0n) is 14.9. The molecule has 0 spiro atoms. The van der Waals surface area contributed by atoms with Crippen molar-refractivity contribution in [2.24, 2.45) is 4.99 Å². The number of likely N-dealkylation sites (tertiary alicyclic amines) is 1. The second-order valence-electron chi connectivity index (χ2n) is 5.89. The van der Waals surface area contributed by atoms with Gasteiger partial charge in [0.05, 0.1) is 26.4 Å². The summed E-state index contributed by atoms with van der Waals surface area (Å²) >= 11 is 0. The molecular formula is C18H29N3O3. The molecule has 6 heteroatoms. The number of hydrogen-bond donors (Lipinski definition) is 2. The molecule has 2 N–H and O–H groups in total. The Morgan fingerprint density at radius 1 is 1.38 bits per heavy atom. The highest BCUT2D eigenvalue weighted by molar-refractivity contribution is 5.80. The van der Waals surface area contributed by atoms with E-state index in [0.29, 0.717) is 19.7 Å². The summed E-state index contributed by atoms with van der Waals surface area (Å²) in [6.07, 6.45) is 1.49. The van der Waals surface area contributed by atoms with Crippen molar-refractivity contribution in [2.75, 3.05) is 33.4 Å². The minimum atomic E-state index is -0.260. The number of nitrogens with one attached hydrogen (secondary N) is 1. The maximum Gasteiger partial charge on any atom is 0.194 e. The SMILES string of the molecule is CCCOc1ccc(CN=C(NCC)N2CC[C@@H](O)C2)cc1OC. The van der Waals surface area contributed by atoms with Crippen molar-refractivity contribution >= 4 is 5.96 Å². The maximum absolute atomic E-state index is 9.72. The number of hydrogen-bond acceptors (Lipinski definition) is 4. The van der Waals surface area contributed by atoms with Crippen molar-refractivity contribution in [1.82, 2.24) is 10.2 Å². The highest BCUT2D eigenvalue weighted by Crippen LogP contribution is 2.28. The van der Waals surface area contributed by atoms with Gasteiger partial charge in [-0.3, -0.25) is 0 Å². The third-order valence-corrected chi connectivity index (χ3v) is 3.90. The molecule has 1 atom stereocenters. The smallest absolute Gasteiger partial charge is 0.194 e. The van der Waals surface area contributed by atoms with Gasteiger partial charge in [0, 0.05) is 19.6 Å². The van der Waals surface area contributed by atoms with E-state index in [2.05, 4.69) is 17.1 Å². The number of β-amino-alcohol motifs (C(OH)–C–C–N with tert-alkyl or cyclic N) is 1. The van der Waals surface area contributed by atoms with E-state index in [4.69, 9.17) is 14.5 Å². The fourth-order valence-electron chi connectivity index (χ4n) is 2.67. The van der Waals surface area contributed by atoms with Crippen LogP contribution in [0.2, 0.25) is 0 Å². The fraction of sp³-hybridized carbons (Fsp3) is 0.611. The van der Waals surface area contributed by atoms with Crippen LogP contribution in [0.3, 0.4) is 0 Å². The van der Waals surface area contributed by atoms with Gasteiger partial charge in [0.2, 0.25) is 0 Å². The topological polar surface area (TPSA) is 66.3 Å². The molecule has 1 fully saturated rings. The Morgan fingerprint density at radius 3 is 2.83 bits per heavy atom. The Hall–Kier alpha value is -1.95. The number of benzene rings is 1. The summed E-state index contributed by atoms with van der Waals surface area (Å²) < 4.78 is 11.1. The first-order valence-electron chi connectivity index (χ1n) is 8.69. The highest BCUT2D eigenvalue weighted by atomic mass is 16.5. The van der Waals surface area contributed by atoms with E-state index in [1.54, 1.807) is 7.11 Å². The lowest BCUT2D eigenvalue weighted by atomic mass is 10.2. The molecule has 1 aromatic rings. The van der Waals surface area contributed by atoms with E-state index in [1.807, 2.05) is 25.1 Å². The van der Waals surface area contributed by atoms with Gasteiger partial charge in [0.1, 0.15) is 0 Å². The zero-order chi connectivity index (χ0) is 17.4. The molecule has 0 saturated carbocycles. The van der Waals surface area contributed by atoms with Crippen molar-refractivity contribution in [1.29, 1.82) is 0 Å². The van der Waals surface area contributed by atoms with Gasteiger partial charge in [0.25, 0.3) is 0 Å². The molecule has 0 amide bonds. The van der Waals surface area contributed by atoms with Crippen LogP contribution >= 0.6 is 0 Å². The summed E-state index contributed by atoms with van der Waals surface area (Å²) in [6.45, 7) is 7.63. The van der Waals surface area contributed by atoms with E-state index in [-0.39, 0.29) is 6.10 Å². The van der Waals surface area contributed by atoms with Gasteiger partial charge < -0.3 is 24.8 Å². The third-order valence-electron chi connectivity index (χ3n) is 3.90. The Morgan fingerprint density at radius 2 is 2.21 bits per heavy atom. The molecule has 0 aromatic heterocycles. The molecule has 2 rings (SSSR count). The summed E-state index contributed by atoms with van der Waals surface area (Å²) in [4.78, 5) is 6.79. The molecule has 24 heavy (non-hydrogen) atoms. The minimum Gasteiger partial charge on any atom is -0.493 e. The van der Waals surface area contributed by atoms with Crippen LogP contribution in [0.25, 0.3) is 0 Å². The Bertz CT molecular complexity index is 548. The Balaban J connectivity index is 2.07. The number of aliphatic hydroxyl groups excluding tert-OH is 1. The van der Waals surface area contributed by atoms with Crippen molar-refractivity contribution in [2.45, 2.75) is 39.3 Å². The molecule has 0 radical (unpaired) electrons. The van der Waals surface area contributed by atoms with Crippen LogP contribution in [0.1, 0.15) is 32.3 Å². The molecule has 0 unspecified atom stereocenters. The standard InChI is InChI=1S/C18H29N3O3/c1-4-10-24-16-7-6-14(11-17(16)23-3)12-20-18(19-5-2)21-9-8-15(22)13-21/h6-7,11,15,22H,4-5,8-10,12-13H2,1-3H3,(H,19,20)/t15-/m1/s1. The average molecular weight is 335 g/mol. The maximum atomic E-state index is 9.72. The van der Waals surface area contributed by atoms with E-state index < -0.39 is 0 Å². The quantitative estimate of drug-likeness (QED) is 0.589. The minimum absolute atomic E-state index is 0.260.